The fraction of sp³-hybridized carbons (Fsp3) is 0.435. The van der Waals surface area contributed by atoms with E-state index < -0.39 is 27.1 Å². The molecule has 2 N–H and O–H groups in total. The zero-order chi connectivity index (χ0) is 23.1. The molecule has 1 aromatic carbocycles. The number of aromatic amines is 1. The number of rotatable bonds is 5. The first kappa shape index (κ1) is 22.8. The zero-order valence-corrected chi connectivity index (χ0v) is 18.0. The lowest BCUT2D eigenvalue weighted by Gasteiger charge is -2.24. The molecule has 2 aliphatic carbocycles. The van der Waals surface area contributed by atoms with Crippen LogP contribution in [0.15, 0.2) is 52.2 Å². The quantitative estimate of drug-likeness (QED) is 0.686. The number of H-pyrrole nitrogens is 1. The van der Waals surface area contributed by atoms with Crippen LogP contribution in [0.5, 0.6) is 0 Å². The highest BCUT2D eigenvalue weighted by molar-refractivity contribution is 7.92. The highest BCUT2D eigenvalue weighted by Gasteiger charge is 2.37. The van der Waals surface area contributed by atoms with Crippen molar-refractivity contribution in [2.24, 2.45) is 5.92 Å². The van der Waals surface area contributed by atoms with Crippen molar-refractivity contribution in [1.82, 2.24) is 4.98 Å². The molecular formula is C23H24F3NO4S. The van der Waals surface area contributed by atoms with Crippen molar-refractivity contribution in [2.45, 2.75) is 61.0 Å². The Morgan fingerprint density at radius 2 is 1.59 bits per heavy atom. The number of nitrogens with one attached hydrogen (secondary N) is 1. The minimum Gasteiger partial charge on any atom is -0.393 e. The van der Waals surface area contributed by atoms with Crippen LogP contribution in [0, 0.1) is 5.92 Å². The molecule has 2 aliphatic rings. The lowest BCUT2D eigenvalue weighted by atomic mass is 9.85. The molecule has 2 saturated carbocycles. The number of aliphatic hydroxyl groups is 1. The Morgan fingerprint density at radius 3 is 2.12 bits per heavy atom. The normalized spacial score (nSPS) is 22.7. The van der Waals surface area contributed by atoms with E-state index in [0.29, 0.717) is 49.7 Å². The molecule has 1 aromatic heterocycles. The Morgan fingerprint density at radius 1 is 0.969 bits per heavy atom. The molecule has 9 heteroatoms. The van der Waals surface area contributed by atoms with Crippen molar-refractivity contribution in [3.8, 4) is 0 Å². The fourth-order valence-electron chi connectivity index (χ4n) is 4.09. The highest BCUT2D eigenvalue weighted by Crippen LogP contribution is 2.35. The van der Waals surface area contributed by atoms with Gasteiger partial charge in [0, 0.05) is 11.3 Å². The van der Waals surface area contributed by atoms with Crippen molar-refractivity contribution in [2.75, 3.05) is 0 Å². The van der Waals surface area contributed by atoms with Crippen molar-refractivity contribution in [3.63, 3.8) is 0 Å². The third-order valence-corrected chi connectivity index (χ3v) is 8.38. The maximum atomic E-state index is 13.0. The zero-order valence-electron chi connectivity index (χ0n) is 17.2. The summed E-state index contributed by atoms with van der Waals surface area (Å²) in [5.41, 5.74) is -1.14. The summed E-state index contributed by atoms with van der Waals surface area (Å²) in [5.74, 6) is 0.0778. The summed E-state index contributed by atoms with van der Waals surface area (Å²) >= 11 is 0. The van der Waals surface area contributed by atoms with Crippen LogP contribution in [0.25, 0.3) is 5.57 Å². The summed E-state index contributed by atoms with van der Waals surface area (Å²) < 4.78 is 64.0. The van der Waals surface area contributed by atoms with E-state index in [1.54, 1.807) is 12.1 Å². The number of aliphatic hydroxyl groups excluding tert-OH is 1. The maximum Gasteiger partial charge on any atom is 0.421 e. The first-order valence-electron chi connectivity index (χ1n) is 10.6. The van der Waals surface area contributed by atoms with Gasteiger partial charge in [0.2, 0.25) is 0 Å². The number of hydrogen-bond acceptors (Lipinski definition) is 4. The van der Waals surface area contributed by atoms with Gasteiger partial charge in [-0.25, -0.2) is 8.42 Å². The largest absolute Gasteiger partial charge is 0.421 e. The summed E-state index contributed by atoms with van der Waals surface area (Å²) in [6.45, 7) is 0. The first-order chi connectivity index (χ1) is 15.1. The van der Waals surface area contributed by atoms with Crippen molar-refractivity contribution < 1.29 is 26.7 Å². The van der Waals surface area contributed by atoms with Crippen LogP contribution in [0.1, 0.15) is 55.3 Å². The second-order valence-corrected chi connectivity index (χ2v) is 10.8. The van der Waals surface area contributed by atoms with Gasteiger partial charge < -0.3 is 10.1 Å². The van der Waals surface area contributed by atoms with E-state index in [2.05, 4.69) is 4.98 Å². The summed E-state index contributed by atoms with van der Waals surface area (Å²) in [5, 5.41) is 9.42. The SMILES string of the molecule is O=c1[nH]c(C(=CC2CCC(O)CC2)c2ccc(S(=O)(=O)C3CC3)cc2)ccc1C(F)(F)F. The number of allylic oxidation sites excluding steroid dienone is 1. The predicted octanol–water partition coefficient (Wildman–Crippen LogP) is 4.31. The molecule has 4 rings (SSSR count). The number of alkyl halides is 3. The highest BCUT2D eigenvalue weighted by atomic mass is 32.2. The van der Waals surface area contributed by atoms with Gasteiger partial charge in [-0.15, -0.1) is 0 Å². The Hall–Kier alpha value is -2.39. The summed E-state index contributed by atoms with van der Waals surface area (Å²) in [6.07, 6.45) is 0.746. The summed E-state index contributed by atoms with van der Waals surface area (Å²) in [4.78, 5) is 14.7. The van der Waals surface area contributed by atoms with Gasteiger partial charge in [-0.3, -0.25) is 4.79 Å². The molecule has 5 nitrogen and oxygen atoms in total. The number of halogens is 3. The van der Waals surface area contributed by atoms with Crippen LogP contribution < -0.4 is 5.56 Å². The Labute approximate surface area is 183 Å². The van der Waals surface area contributed by atoms with E-state index in [-0.39, 0.29) is 27.9 Å². The van der Waals surface area contributed by atoms with Gasteiger partial charge in [0.05, 0.1) is 16.2 Å². The Bertz CT molecular complexity index is 1170. The molecule has 0 amide bonds. The van der Waals surface area contributed by atoms with Crippen molar-refractivity contribution in [1.29, 1.82) is 0 Å². The van der Waals surface area contributed by atoms with Gasteiger partial charge in [0.1, 0.15) is 5.56 Å². The second-order valence-electron chi connectivity index (χ2n) is 8.53. The van der Waals surface area contributed by atoms with Crippen molar-refractivity contribution in [3.05, 3.63) is 69.6 Å². The molecule has 0 spiro atoms. The minimum atomic E-state index is -4.76. The van der Waals surface area contributed by atoms with Gasteiger partial charge in [0.15, 0.2) is 9.84 Å². The number of aromatic nitrogens is 1. The molecule has 32 heavy (non-hydrogen) atoms. The number of sulfone groups is 1. The van der Waals surface area contributed by atoms with E-state index in [9.17, 15) is 31.5 Å². The molecule has 2 aromatic rings. The van der Waals surface area contributed by atoms with Crippen LogP contribution in [0.4, 0.5) is 13.2 Å². The smallest absolute Gasteiger partial charge is 0.393 e. The first-order valence-corrected chi connectivity index (χ1v) is 12.2. The monoisotopic (exact) mass is 467 g/mol. The molecule has 0 bridgehead atoms. The van der Waals surface area contributed by atoms with Crippen LogP contribution in [-0.4, -0.2) is 29.9 Å². The van der Waals surface area contributed by atoms with Crippen LogP contribution >= 0.6 is 0 Å². The van der Waals surface area contributed by atoms with Gasteiger partial charge >= 0.3 is 6.18 Å². The topological polar surface area (TPSA) is 87.2 Å². The van der Waals surface area contributed by atoms with Crippen LogP contribution in [-0.2, 0) is 16.0 Å². The fourth-order valence-corrected chi connectivity index (χ4v) is 5.75. The Kier molecular flexibility index (Phi) is 6.06. The second kappa shape index (κ2) is 8.51. The molecule has 1 heterocycles. The van der Waals surface area contributed by atoms with Gasteiger partial charge in [-0.05, 0) is 74.3 Å². The molecule has 2 fully saturated rings. The Balaban J connectivity index is 1.73. The molecule has 0 aliphatic heterocycles. The maximum absolute atomic E-state index is 13.0. The molecule has 0 saturated heterocycles. The molecule has 172 valence electrons. The third kappa shape index (κ3) is 4.83. The standard InChI is InChI=1S/C23H24F3NO4S/c24-23(25,26)20-11-12-21(27-22(20)29)19(13-14-1-5-16(28)6-2-14)15-3-7-17(8-4-15)32(30,31)18-9-10-18/h3-4,7-8,11-14,16,18,28H,1-2,5-6,9-10H2,(H,27,29). The van der Waals surface area contributed by atoms with E-state index >= 15 is 0 Å². The van der Waals surface area contributed by atoms with Crippen LogP contribution in [0.2, 0.25) is 0 Å². The van der Waals surface area contributed by atoms with Gasteiger partial charge in [-0.2, -0.15) is 13.2 Å². The molecule has 0 radical (unpaired) electrons. The minimum absolute atomic E-state index is 0.0778. The number of hydrogen-bond donors (Lipinski definition) is 2. The summed E-state index contributed by atoms with van der Waals surface area (Å²) in [6, 6.07) is 8.23. The van der Waals surface area contributed by atoms with Gasteiger partial charge in [0.25, 0.3) is 5.56 Å². The van der Waals surface area contributed by atoms with Crippen LogP contribution in [0.3, 0.4) is 0 Å². The predicted molar refractivity (Wildman–Crippen MR) is 114 cm³/mol. The van der Waals surface area contributed by atoms with E-state index in [0.717, 1.165) is 6.07 Å². The van der Waals surface area contributed by atoms with Crippen molar-refractivity contribution >= 4 is 15.4 Å². The van der Waals surface area contributed by atoms with E-state index in [4.69, 9.17) is 0 Å². The van der Waals surface area contributed by atoms with E-state index in [1.807, 2.05) is 6.08 Å². The average Bonchev–Trinajstić information content (AvgIpc) is 3.58. The third-order valence-electron chi connectivity index (χ3n) is 6.11. The molecular weight excluding hydrogens is 443 g/mol. The summed E-state index contributed by atoms with van der Waals surface area (Å²) in [7, 11) is -3.36. The van der Waals surface area contributed by atoms with Gasteiger partial charge in [-0.1, -0.05) is 18.2 Å². The molecule has 0 atom stereocenters. The molecule has 0 unspecified atom stereocenters. The number of pyridine rings is 1. The lowest BCUT2D eigenvalue weighted by molar-refractivity contribution is -0.138. The average molecular weight is 468 g/mol. The lowest BCUT2D eigenvalue weighted by Crippen LogP contribution is -2.22. The number of benzene rings is 1. The van der Waals surface area contributed by atoms with E-state index in [1.165, 1.54) is 18.2 Å².